The molecular formula is C54H90Al2O18. The standard InChI is InChI=1S/3C12H22O3.3C6H10O3.2Al/c3*1-4-6-8-12(10(3)13,11(14)15)9-7-5-2;3*1-3-5(4(2)7)6(8)9;;/h3*4-9H2,1-3H3,(H,14,15);3*5H,3H2,1-2H3,(H,8,9);;/q;;;;;;2*+3/p-6. The van der Waals surface area contributed by atoms with Crippen molar-refractivity contribution < 1.29 is 88.2 Å². The molecule has 0 aliphatic rings. The Morgan fingerprint density at radius 3 is 0.473 bits per heavy atom. The Balaban J connectivity index is -0.000000119. The molecule has 420 valence electrons. The third-order valence-electron chi connectivity index (χ3n) is 12.5. The van der Waals surface area contributed by atoms with E-state index >= 15 is 0 Å². The average Bonchev–Trinajstić information content (AvgIpc) is 3.27. The first-order valence-electron chi connectivity index (χ1n) is 25.6. The molecule has 0 radical (unpaired) electrons. The number of ketones is 6. The maximum absolute atomic E-state index is 11.5. The van der Waals surface area contributed by atoms with Gasteiger partial charge in [-0.1, -0.05) is 139 Å². The van der Waals surface area contributed by atoms with E-state index < -0.39 is 69.8 Å². The van der Waals surface area contributed by atoms with E-state index in [0.717, 1.165) is 77.0 Å². The molecule has 0 aliphatic carbocycles. The Labute approximate surface area is 464 Å². The number of carbonyl (C=O) groups excluding carboxylic acids is 12. The number of Topliss-reactive ketones (excluding diaryl/α,β-unsaturated/α-hetero) is 6. The maximum Gasteiger partial charge on any atom is 3.00 e. The van der Waals surface area contributed by atoms with Gasteiger partial charge in [0.2, 0.25) is 0 Å². The summed E-state index contributed by atoms with van der Waals surface area (Å²) in [7, 11) is 0. The Bertz CT molecular complexity index is 1370. The zero-order valence-electron chi connectivity index (χ0n) is 47.6. The van der Waals surface area contributed by atoms with Gasteiger partial charge in [0.05, 0.1) is 69.8 Å². The zero-order valence-corrected chi connectivity index (χ0v) is 49.9. The van der Waals surface area contributed by atoms with E-state index in [1.165, 1.54) is 41.5 Å². The minimum atomic E-state index is -1.27. The number of hydrogen-bond acceptors (Lipinski definition) is 18. The third kappa shape index (κ3) is 36.0. The SMILES string of the molecule is CCC(C(C)=O)C(=O)[O-].CCC(C(C)=O)C(=O)[O-].CCC(C(C)=O)C(=O)[O-].CCCCC(CCCC)(C(C)=O)C(=O)[O-].CCCCC(CCCC)(C(C)=O)C(=O)[O-].CCCCC(CCCC)(C(C)=O)C(=O)[O-].[Al+3].[Al+3]. The summed E-state index contributed by atoms with van der Waals surface area (Å²) in [4.78, 5) is 129. The van der Waals surface area contributed by atoms with E-state index in [1.54, 1.807) is 20.8 Å². The number of rotatable bonds is 33. The molecule has 0 aromatic rings. The number of carbonyl (C=O) groups is 12. The van der Waals surface area contributed by atoms with Crippen LogP contribution >= 0.6 is 0 Å². The Morgan fingerprint density at radius 2 is 0.432 bits per heavy atom. The van der Waals surface area contributed by atoms with E-state index in [0.29, 0.717) is 57.8 Å². The largest absolute Gasteiger partial charge is 3.00 e. The molecule has 0 saturated heterocycles. The number of unbranched alkanes of at least 4 members (excludes halogenated alkanes) is 6. The molecule has 3 unspecified atom stereocenters. The smallest absolute Gasteiger partial charge is 0.549 e. The quantitative estimate of drug-likeness (QED) is 0.0672. The number of carboxylic acid groups (broad SMARTS) is 6. The summed E-state index contributed by atoms with van der Waals surface area (Å²) in [6.07, 6.45) is 13.4. The zero-order chi connectivity index (χ0) is 58.0. The van der Waals surface area contributed by atoms with Gasteiger partial charge in [-0.2, -0.15) is 0 Å². The molecule has 0 rings (SSSR count). The van der Waals surface area contributed by atoms with Crippen LogP contribution in [0, 0.1) is 34.0 Å². The normalized spacial score (nSPS) is 11.6. The second-order valence-corrected chi connectivity index (χ2v) is 18.1. The first-order valence-corrected chi connectivity index (χ1v) is 25.6. The van der Waals surface area contributed by atoms with E-state index in [9.17, 15) is 88.2 Å². The molecule has 0 aliphatic heterocycles. The monoisotopic (exact) mass is 1080 g/mol. The van der Waals surface area contributed by atoms with Crippen molar-refractivity contribution in [2.45, 2.75) is 239 Å². The topological polar surface area (TPSA) is 343 Å². The Morgan fingerprint density at radius 1 is 0.297 bits per heavy atom. The van der Waals surface area contributed by atoms with Gasteiger partial charge < -0.3 is 59.4 Å². The predicted molar refractivity (Wildman–Crippen MR) is 271 cm³/mol. The van der Waals surface area contributed by atoms with Crippen molar-refractivity contribution in [1.29, 1.82) is 0 Å². The summed E-state index contributed by atoms with van der Waals surface area (Å²) < 4.78 is 0. The average molecular weight is 1080 g/mol. The van der Waals surface area contributed by atoms with Crippen LogP contribution in [0.2, 0.25) is 0 Å². The van der Waals surface area contributed by atoms with Gasteiger partial charge in [0.1, 0.15) is 34.7 Å². The second kappa shape index (κ2) is 49.8. The van der Waals surface area contributed by atoms with Gasteiger partial charge in [-0.15, -0.1) is 0 Å². The summed E-state index contributed by atoms with van der Waals surface area (Å²) in [6, 6.07) is 0. The first-order chi connectivity index (χ1) is 33.3. The molecule has 18 nitrogen and oxygen atoms in total. The molecule has 0 aromatic heterocycles. The third-order valence-corrected chi connectivity index (χ3v) is 12.5. The molecule has 0 N–H and O–H groups in total. The van der Waals surface area contributed by atoms with Crippen LogP contribution in [0.3, 0.4) is 0 Å². The van der Waals surface area contributed by atoms with E-state index in [2.05, 4.69) is 0 Å². The van der Waals surface area contributed by atoms with Crippen molar-refractivity contribution in [3.63, 3.8) is 0 Å². The van der Waals surface area contributed by atoms with Crippen LogP contribution in [-0.2, 0) is 57.5 Å². The second-order valence-electron chi connectivity index (χ2n) is 18.1. The molecule has 3 atom stereocenters. The van der Waals surface area contributed by atoms with Crippen molar-refractivity contribution >= 4 is 105 Å². The van der Waals surface area contributed by atoms with Gasteiger partial charge in [0.15, 0.2) is 0 Å². The molecule has 0 spiro atoms. The van der Waals surface area contributed by atoms with Gasteiger partial charge in [0, 0.05) is 0 Å². The molecule has 0 amide bonds. The van der Waals surface area contributed by atoms with Crippen LogP contribution in [0.15, 0.2) is 0 Å². The van der Waals surface area contributed by atoms with Crippen molar-refractivity contribution in [3.8, 4) is 0 Å². The minimum absolute atomic E-state index is 0. The minimum Gasteiger partial charge on any atom is -0.549 e. The number of aliphatic carboxylic acids is 6. The maximum atomic E-state index is 11.5. The van der Waals surface area contributed by atoms with Gasteiger partial charge in [-0.05, 0) is 99.3 Å². The summed E-state index contributed by atoms with van der Waals surface area (Å²) in [6.45, 7) is 24.7. The summed E-state index contributed by atoms with van der Waals surface area (Å²) in [5.74, 6) is -11.9. The van der Waals surface area contributed by atoms with Crippen LogP contribution < -0.4 is 30.6 Å². The molecule has 20 heteroatoms. The van der Waals surface area contributed by atoms with Crippen molar-refractivity contribution in [1.82, 2.24) is 0 Å². The van der Waals surface area contributed by atoms with Crippen LogP contribution in [0.4, 0.5) is 0 Å². The fraction of sp³-hybridized carbons (Fsp3) is 0.778. The molecule has 0 heterocycles. The van der Waals surface area contributed by atoms with Crippen molar-refractivity contribution in [2.24, 2.45) is 34.0 Å². The summed E-state index contributed by atoms with van der Waals surface area (Å²) in [5, 5.41) is 63.5. The molecule has 0 bridgehead atoms. The van der Waals surface area contributed by atoms with Crippen molar-refractivity contribution in [2.75, 3.05) is 0 Å². The van der Waals surface area contributed by atoms with Gasteiger partial charge in [-0.3, -0.25) is 28.8 Å². The fourth-order valence-corrected chi connectivity index (χ4v) is 7.21. The molecule has 0 aromatic carbocycles. The summed E-state index contributed by atoms with van der Waals surface area (Å²) in [5.41, 5.74) is -3.69. The summed E-state index contributed by atoms with van der Waals surface area (Å²) >= 11 is 0. The van der Waals surface area contributed by atoms with Gasteiger partial charge in [0.25, 0.3) is 0 Å². The van der Waals surface area contributed by atoms with E-state index in [1.807, 2.05) is 41.5 Å². The fourth-order valence-electron chi connectivity index (χ4n) is 7.21. The predicted octanol–water partition coefficient (Wildman–Crippen LogP) is 2.37. The first kappa shape index (κ1) is 86.6. The van der Waals surface area contributed by atoms with Crippen molar-refractivity contribution in [3.05, 3.63) is 0 Å². The van der Waals surface area contributed by atoms with Crippen LogP contribution in [-0.4, -0.2) is 105 Å². The number of carboxylic acids is 6. The van der Waals surface area contributed by atoms with Crippen LogP contribution in [0.5, 0.6) is 0 Å². The van der Waals surface area contributed by atoms with Crippen LogP contribution in [0.25, 0.3) is 0 Å². The number of hydrogen-bond donors (Lipinski definition) is 0. The van der Waals surface area contributed by atoms with Crippen LogP contribution in [0.1, 0.15) is 239 Å². The van der Waals surface area contributed by atoms with E-state index in [-0.39, 0.29) is 69.4 Å². The van der Waals surface area contributed by atoms with Gasteiger partial charge >= 0.3 is 34.7 Å². The Hall–Kier alpha value is -4.10. The molecule has 0 saturated carbocycles. The molecule has 0 fully saturated rings. The van der Waals surface area contributed by atoms with Gasteiger partial charge in [-0.25, -0.2) is 0 Å². The van der Waals surface area contributed by atoms with E-state index in [4.69, 9.17) is 0 Å². The molecular weight excluding hydrogens is 991 g/mol. The Kier molecular flexibility index (Phi) is 58.2. The molecule has 74 heavy (non-hydrogen) atoms.